The summed E-state index contributed by atoms with van der Waals surface area (Å²) in [6.45, 7) is 2.25. The van der Waals surface area contributed by atoms with Crippen molar-refractivity contribution in [1.82, 2.24) is 19.4 Å². The minimum absolute atomic E-state index is 0.0587. The molecule has 0 saturated carbocycles. The Morgan fingerprint density at radius 3 is 2.30 bits per heavy atom. The lowest BCUT2D eigenvalue weighted by atomic mass is 10.1. The maximum Gasteiger partial charge on any atom is 0.260 e. The first kappa shape index (κ1) is 25.4. The number of carbonyl (C=O) groups is 1. The zero-order valence-corrected chi connectivity index (χ0v) is 22.0. The number of rotatable bonds is 7. The Balaban J connectivity index is 1.26. The average molecular weight is 538 g/mol. The number of ether oxygens (including phenoxy) is 2. The second kappa shape index (κ2) is 11.1. The fourth-order valence-corrected chi connectivity index (χ4v) is 5.06. The number of anilines is 1. The fourth-order valence-electron chi connectivity index (χ4n) is 5.06. The molecule has 1 aliphatic heterocycles. The third-order valence-corrected chi connectivity index (χ3v) is 7.10. The lowest BCUT2D eigenvalue weighted by Crippen LogP contribution is -2.50. The molecule has 0 radical (unpaired) electrons. The van der Waals surface area contributed by atoms with E-state index < -0.39 is 0 Å². The molecule has 0 N–H and O–H groups in total. The Morgan fingerprint density at radius 2 is 1.57 bits per heavy atom. The fraction of sp³-hybridized carbons (Fsp3) is 0.194. The summed E-state index contributed by atoms with van der Waals surface area (Å²) in [7, 11) is 1.57. The highest BCUT2D eigenvalue weighted by atomic mass is 19.1. The summed E-state index contributed by atoms with van der Waals surface area (Å²) in [6.07, 6.45) is 3.59. The number of aromatic nitrogens is 3. The van der Waals surface area contributed by atoms with E-state index in [4.69, 9.17) is 14.5 Å². The van der Waals surface area contributed by atoms with Crippen LogP contribution in [0.4, 0.5) is 10.2 Å². The van der Waals surface area contributed by atoms with Crippen molar-refractivity contribution >= 4 is 22.8 Å². The van der Waals surface area contributed by atoms with Crippen LogP contribution in [0.5, 0.6) is 11.5 Å². The molecule has 1 fully saturated rings. The molecule has 1 aliphatic rings. The monoisotopic (exact) mass is 537 g/mol. The van der Waals surface area contributed by atoms with Gasteiger partial charge < -0.3 is 23.8 Å². The van der Waals surface area contributed by atoms with E-state index in [9.17, 15) is 9.18 Å². The topological polar surface area (TPSA) is 72.7 Å². The van der Waals surface area contributed by atoms with Gasteiger partial charge in [-0.15, -0.1) is 0 Å². The van der Waals surface area contributed by atoms with Crippen LogP contribution in [0.25, 0.3) is 27.8 Å². The summed E-state index contributed by atoms with van der Waals surface area (Å²) in [5.41, 5.74) is 3.56. The highest BCUT2D eigenvalue weighted by molar-refractivity contribution is 6.02. The molecule has 1 amide bonds. The van der Waals surface area contributed by atoms with Crippen molar-refractivity contribution in [2.45, 2.75) is 0 Å². The van der Waals surface area contributed by atoms with Crippen LogP contribution in [0.3, 0.4) is 0 Å². The van der Waals surface area contributed by atoms with E-state index in [0.717, 1.165) is 33.7 Å². The summed E-state index contributed by atoms with van der Waals surface area (Å²) < 4.78 is 26.7. The van der Waals surface area contributed by atoms with E-state index in [1.165, 1.54) is 12.1 Å². The molecule has 0 atom stereocenters. The molecule has 202 valence electrons. The van der Waals surface area contributed by atoms with Gasteiger partial charge in [0.25, 0.3) is 5.91 Å². The summed E-state index contributed by atoms with van der Waals surface area (Å²) >= 11 is 0. The number of halogens is 1. The summed E-state index contributed by atoms with van der Waals surface area (Å²) in [5, 5.41) is 0.914. The van der Waals surface area contributed by atoms with Crippen LogP contribution in [-0.4, -0.2) is 65.2 Å². The second-order valence-electron chi connectivity index (χ2n) is 9.46. The van der Waals surface area contributed by atoms with Gasteiger partial charge in [0.05, 0.1) is 12.5 Å². The Bertz CT molecular complexity index is 1630. The lowest BCUT2D eigenvalue weighted by molar-refractivity contribution is -0.133. The van der Waals surface area contributed by atoms with E-state index in [-0.39, 0.29) is 18.3 Å². The molecule has 2 aromatic heterocycles. The molecule has 1 saturated heterocycles. The number of piperazine rings is 1. The number of hydrogen-bond donors (Lipinski definition) is 0. The lowest BCUT2D eigenvalue weighted by Gasteiger charge is -2.35. The predicted molar refractivity (Wildman–Crippen MR) is 152 cm³/mol. The molecule has 6 rings (SSSR count). The largest absolute Gasteiger partial charge is 0.493 e. The van der Waals surface area contributed by atoms with Crippen molar-refractivity contribution in [1.29, 1.82) is 0 Å². The van der Waals surface area contributed by atoms with Crippen molar-refractivity contribution < 1.29 is 18.7 Å². The van der Waals surface area contributed by atoms with E-state index in [0.29, 0.717) is 37.7 Å². The van der Waals surface area contributed by atoms with E-state index in [1.807, 2.05) is 46.0 Å². The zero-order chi connectivity index (χ0) is 27.5. The normalized spacial score (nSPS) is 13.4. The number of benzene rings is 3. The van der Waals surface area contributed by atoms with Crippen molar-refractivity contribution in [2.24, 2.45) is 0 Å². The van der Waals surface area contributed by atoms with Crippen LogP contribution in [0.15, 0.2) is 91.4 Å². The van der Waals surface area contributed by atoms with Gasteiger partial charge in [-0.2, -0.15) is 0 Å². The standard InChI is InChI=1S/C31H28FN5O3/c1-39-26-9-5-6-10-27(26)40-20-28(38)35-15-17-36(18-16-35)30-29-25(22-7-3-2-4-8-22)19-37(31(29)34-21-33-30)24-13-11-23(32)12-14-24/h2-14,19,21H,15-18,20H2,1H3. The molecular formula is C31H28FN5O3. The average Bonchev–Trinajstić information content (AvgIpc) is 3.41. The number of amides is 1. The van der Waals surface area contributed by atoms with Gasteiger partial charge in [-0.1, -0.05) is 42.5 Å². The Labute approximate surface area is 231 Å². The Morgan fingerprint density at radius 1 is 0.875 bits per heavy atom. The van der Waals surface area contributed by atoms with Crippen LogP contribution in [0.1, 0.15) is 0 Å². The van der Waals surface area contributed by atoms with Crippen molar-refractivity contribution in [3.8, 4) is 28.3 Å². The third kappa shape index (κ3) is 4.93. The van der Waals surface area contributed by atoms with Crippen LogP contribution >= 0.6 is 0 Å². The van der Waals surface area contributed by atoms with Crippen LogP contribution in [-0.2, 0) is 4.79 Å². The maximum atomic E-state index is 13.7. The number of carbonyl (C=O) groups excluding carboxylic acids is 1. The molecule has 0 bridgehead atoms. The number of methoxy groups -OCH3 is 1. The SMILES string of the molecule is COc1ccccc1OCC(=O)N1CCN(c2ncnc3c2c(-c2ccccc2)cn3-c2ccc(F)cc2)CC1. The summed E-state index contributed by atoms with van der Waals surface area (Å²) in [5.74, 6) is 1.57. The minimum Gasteiger partial charge on any atom is -0.493 e. The number of hydrogen-bond acceptors (Lipinski definition) is 6. The Kier molecular flexibility index (Phi) is 7.01. The highest BCUT2D eigenvalue weighted by Gasteiger charge is 2.26. The number of fused-ring (bicyclic) bond motifs is 1. The van der Waals surface area contributed by atoms with Crippen LogP contribution in [0, 0.1) is 5.82 Å². The quantitative estimate of drug-likeness (QED) is 0.292. The van der Waals surface area contributed by atoms with Crippen molar-refractivity contribution in [3.05, 3.63) is 97.2 Å². The van der Waals surface area contributed by atoms with Gasteiger partial charge in [0.1, 0.15) is 18.0 Å². The summed E-state index contributed by atoms with van der Waals surface area (Å²) in [6, 6.07) is 23.7. The van der Waals surface area contributed by atoms with Gasteiger partial charge in [0.15, 0.2) is 23.8 Å². The second-order valence-corrected chi connectivity index (χ2v) is 9.46. The molecule has 0 unspecified atom stereocenters. The van der Waals surface area contributed by atoms with Gasteiger partial charge >= 0.3 is 0 Å². The Hall–Kier alpha value is -4.92. The first-order chi connectivity index (χ1) is 19.6. The summed E-state index contributed by atoms with van der Waals surface area (Å²) in [4.78, 5) is 26.3. The first-order valence-electron chi connectivity index (χ1n) is 13.1. The third-order valence-electron chi connectivity index (χ3n) is 7.10. The number of nitrogens with zero attached hydrogens (tertiary/aromatic N) is 5. The van der Waals surface area contributed by atoms with E-state index >= 15 is 0 Å². The van der Waals surface area contributed by atoms with Crippen LogP contribution < -0.4 is 14.4 Å². The highest BCUT2D eigenvalue weighted by Crippen LogP contribution is 2.37. The molecule has 9 heteroatoms. The zero-order valence-electron chi connectivity index (χ0n) is 22.0. The molecule has 0 aliphatic carbocycles. The van der Waals surface area contributed by atoms with Gasteiger partial charge in [-0.3, -0.25) is 4.79 Å². The van der Waals surface area contributed by atoms with Gasteiger partial charge in [-0.25, -0.2) is 14.4 Å². The van der Waals surface area contributed by atoms with Gasteiger partial charge in [0, 0.05) is 43.6 Å². The molecular weight excluding hydrogens is 509 g/mol. The van der Waals surface area contributed by atoms with Crippen molar-refractivity contribution in [2.75, 3.05) is 44.8 Å². The van der Waals surface area contributed by atoms with Gasteiger partial charge in [0.2, 0.25) is 0 Å². The number of para-hydroxylation sites is 2. The van der Waals surface area contributed by atoms with Crippen molar-refractivity contribution in [3.63, 3.8) is 0 Å². The smallest absolute Gasteiger partial charge is 0.260 e. The first-order valence-corrected chi connectivity index (χ1v) is 13.1. The molecule has 8 nitrogen and oxygen atoms in total. The molecule has 3 aromatic carbocycles. The predicted octanol–water partition coefficient (Wildman–Crippen LogP) is 4.96. The molecule has 40 heavy (non-hydrogen) atoms. The minimum atomic E-state index is -0.292. The van der Waals surface area contributed by atoms with Gasteiger partial charge in [-0.05, 0) is 42.0 Å². The molecule has 3 heterocycles. The molecule has 5 aromatic rings. The molecule has 0 spiro atoms. The van der Waals surface area contributed by atoms with E-state index in [1.54, 1.807) is 37.7 Å². The van der Waals surface area contributed by atoms with Crippen LogP contribution in [0.2, 0.25) is 0 Å². The maximum absolute atomic E-state index is 13.7. The van der Waals surface area contributed by atoms with E-state index in [2.05, 4.69) is 22.0 Å².